The van der Waals surface area contributed by atoms with Crippen LogP contribution in [0.2, 0.25) is 0 Å². The van der Waals surface area contributed by atoms with Crippen molar-refractivity contribution in [2.45, 2.75) is 66.0 Å². The Morgan fingerprint density at radius 1 is 1.32 bits per heavy atom. The predicted octanol–water partition coefficient (Wildman–Crippen LogP) is 3.04. The second kappa shape index (κ2) is 6.75. The van der Waals surface area contributed by atoms with Crippen molar-refractivity contribution in [3.05, 3.63) is 23.0 Å². The zero-order chi connectivity index (χ0) is 19.1. The lowest BCUT2D eigenvalue weighted by atomic mass is 10.0. The number of aromatic nitrogens is 3. The van der Waals surface area contributed by atoms with Gasteiger partial charge in [0.1, 0.15) is 0 Å². The van der Waals surface area contributed by atoms with Crippen LogP contribution in [0.15, 0.2) is 6.07 Å². The van der Waals surface area contributed by atoms with E-state index in [0.29, 0.717) is 12.1 Å². The zero-order valence-corrected chi connectivity index (χ0v) is 16.7. The highest BCUT2D eigenvalue weighted by atomic mass is 16.2. The quantitative estimate of drug-likeness (QED) is 0.924. The fraction of sp³-hybridized carbons (Fsp3) is 0.632. The van der Waals surface area contributed by atoms with Gasteiger partial charge in [-0.1, -0.05) is 13.8 Å². The van der Waals surface area contributed by atoms with Gasteiger partial charge in [0.25, 0.3) is 5.91 Å². The fourth-order valence-corrected chi connectivity index (χ4v) is 2.79. The number of nitrogens with two attached hydrogens (primary N) is 1. The molecule has 0 radical (unpaired) electrons. The maximum absolute atomic E-state index is 13.2. The summed E-state index contributed by atoms with van der Waals surface area (Å²) in [5.74, 6) is 0.181. The highest BCUT2D eigenvalue weighted by molar-refractivity contribution is 6.06. The topological polar surface area (TPSA) is 77.0 Å². The molecule has 1 unspecified atom stereocenters. The van der Waals surface area contributed by atoms with E-state index in [9.17, 15) is 4.79 Å². The van der Waals surface area contributed by atoms with Crippen molar-refractivity contribution in [2.75, 3.05) is 13.6 Å². The van der Waals surface area contributed by atoms with Gasteiger partial charge in [-0.3, -0.25) is 4.79 Å². The Balaban J connectivity index is 2.79. The van der Waals surface area contributed by atoms with Gasteiger partial charge in [-0.25, -0.2) is 9.67 Å². The first-order valence-corrected chi connectivity index (χ1v) is 8.87. The maximum Gasteiger partial charge on any atom is 0.254 e. The number of pyridine rings is 1. The molecule has 0 aromatic carbocycles. The minimum absolute atomic E-state index is 0.0313. The van der Waals surface area contributed by atoms with Gasteiger partial charge < -0.3 is 10.6 Å². The van der Waals surface area contributed by atoms with E-state index in [1.165, 1.54) is 0 Å². The molecule has 2 rings (SSSR count). The second-order valence-electron chi connectivity index (χ2n) is 8.12. The Kier molecular flexibility index (Phi) is 5.23. The van der Waals surface area contributed by atoms with E-state index in [-0.39, 0.29) is 23.4 Å². The van der Waals surface area contributed by atoms with Crippen LogP contribution >= 0.6 is 0 Å². The normalized spacial score (nSPS) is 13.5. The molecule has 6 heteroatoms. The van der Waals surface area contributed by atoms with E-state index in [4.69, 9.17) is 10.7 Å². The average Bonchev–Trinajstić information content (AvgIpc) is 2.89. The third-order valence-electron chi connectivity index (χ3n) is 4.61. The van der Waals surface area contributed by atoms with Gasteiger partial charge >= 0.3 is 0 Å². The third kappa shape index (κ3) is 3.54. The summed E-state index contributed by atoms with van der Waals surface area (Å²) in [5.41, 5.74) is 8.68. The minimum atomic E-state index is -0.216. The van der Waals surface area contributed by atoms with Crippen LogP contribution in [0, 0.1) is 6.92 Å². The largest absolute Gasteiger partial charge is 0.338 e. The molecule has 0 fully saturated rings. The van der Waals surface area contributed by atoms with E-state index in [1.54, 1.807) is 11.9 Å². The predicted molar refractivity (Wildman–Crippen MR) is 102 cm³/mol. The molecule has 138 valence electrons. The number of amides is 1. The number of rotatable bonds is 4. The first kappa shape index (κ1) is 19.4. The highest BCUT2D eigenvalue weighted by Crippen LogP contribution is 2.29. The van der Waals surface area contributed by atoms with Gasteiger partial charge in [0.15, 0.2) is 5.65 Å². The molecular weight excluding hydrogens is 314 g/mol. The summed E-state index contributed by atoms with van der Waals surface area (Å²) in [4.78, 5) is 19.7. The van der Waals surface area contributed by atoms with E-state index in [0.717, 1.165) is 22.4 Å². The van der Waals surface area contributed by atoms with Crippen LogP contribution in [0.5, 0.6) is 0 Å². The average molecular weight is 345 g/mol. The standard InChI is InChI=1S/C19H31N5O/c1-11(2)15-9-14(18(25)23(8)12(3)10-20)16-13(4)22-24(17(16)21-15)19(5,6)7/h9,11-12H,10,20H2,1-8H3. The van der Waals surface area contributed by atoms with Gasteiger partial charge in [-0.2, -0.15) is 5.10 Å². The molecule has 1 amide bonds. The molecule has 0 aliphatic heterocycles. The number of aryl methyl sites for hydroxylation is 1. The Bertz CT molecular complexity index is 785. The smallest absolute Gasteiger partial charge is 0.254 e. The van der Waals surface area contributed by atoms with Crippen molar-refractivity contribution >= 4 is 16.9 Å². The summed E-state index contributed by atoms with van der Waals surface area (Å²) in [6.07, 6.45) is 0. The zero-order valence-electron chi connectivity index (χ0n) is 16.7. The number of hydrogen-bond donors (Lipinski definition) is 1. The highest BCUT2D eigenvalue weighted by Gasteiger charge is 2.27. The second-order valence-corrected chi connectivity index (χ2v) is 8.12. The molecule has 2 aromatic rings. The van der Waals surface area contributed by atoms with E-state index >= 15 is 0 Å². The van der Waals surface area contributed by atoms with Gasteiger partial charge in [0.2, 0.25) is 0 Å². The van der Waals surface area contributed by atoms with Gasteiger partial charge in [-0.15, -0.1) is 0 Å². The van der Waals surface area contributed by atoms with Crippen molar-refractivity contribution in [1.82, 2.24) is 19.7 Å². The van der Waals surface area contributed by atoms with Crippen LogP contribution in [0.4, 0.5) is 0 Å². The van der Waals surface area contributed by atoms with Crippen LogP contribution < -0.4 is 5.73 Å². The van der Waals surface area contributed by atoms with Crippen molar-refractivity contribution in [3.8, 4) is 0 Å². The Morgan fingerprint density at radius 2 is 1.92 bits per heavy atom. The molecule has 0 bridgehead atoms. The summed E-state index contributed by atoms with van der Waals surface area (Å²) in [6.45, 7) is 14.7. The van der Waals surface area contributed by atoms with Crippen LogP contribution in [-0.2, 0) is 5.54 Å². The minimum Gasteiger partial charge on any atom is -0.338 e. The molecule has 0 spiro atoms. The molecule has 0 saturated carbocycles. The number of nitrogens with zero attached hydrogens (tertiary/aromatic N) is 4. The molecule has 2 aromatic heterocycles. The van der Waals surface area contributed by atoms with Crippen LogP contribution in [0.25, 0.3) is 11.0 Å². The first-order chi connectivity index (χ1) is 11.5. The number of carbonyl (C=O) groups is 1. The van der Waals surface area contributed by atoms with Crippen LogP contribution in [0.3, 0.4) is 0 Å². The summed E-state index contributed by atoms with van der Waals surface area (Å²) in [7, 11) is 1.80. The lowest BCUT2D eigenvalue weighted by Crippen LogP contribution is -2.39. The van der Waals surface area contributed by atoms with Crippen LogP contribution in [-0.4, -0.2) is 45.2 Å². The summed E-state index contributed by atoms with van der Waals surface area (Å²) >= 11 is 0. The maximum atomic E-state index is 13.2. The molecule has 2 heterocycles. The SMILES string of the molecule is Cc1nn(C(C)(C)C)c2nc(C(C)C)cc(C(=O)N(C)C(C)CN)c12. The van der Waals surface area contributed by atoms with E-state index in [1.807, 2.05) is 24.6 Å². The molecule has 2 N–H and O–H groups in total. The van der Waals surface area contributed by atoms with Gasteiger partial charge in [-0.05, 0) is 46.6 Å². The van der Waals surface area contributed by atoms with Crippen molar-refractivity contribution in [3.63, 3.8) is 0 Å². The monoisotopic (exact) mass is 345 g/mol. The Hall–Kier alpha value is -1.95. The lowest BCUT2D eigenvalue weighted by molar-refractivity contribution is 0.0750. The first-order valence-electron chi connectivity index (χ1n) is 8.87. The van der Waals surface area contributed by atoms with Crippen molar-refractivity contribution in [2.24, 2.45) is 5.73 Å². The third-order valence-corrected chi connectivity index (χ3v) is 4.61. The van der Waals surface area contributed by atoms with Gasteiger partial charge in [0, 0.05) is 25.3 Å². The molecule has 0 saturated heterocycles. The lowest BCUT2D eigenvalue weighted by Gasteiger charge is -2.25. The number of carbonyl (C=O) groups excluding carboxylic acids is 1. The summed E-state index contributed by atoms with van der Waals surface area (Å²) in [6, 6.07) is 1.88. The van der Waals surface area contributed by atoms with Crippen molar-refractivity contribution in [1.29, 1.82) is 0 Å². The van der Waals surface area contributed by atoms with E-state index < -0.39 is 0 Å². The Labute approximate surface area is 150 Å². The molecule has 0 aliphatic carbocycles. The van der Waals surface area contributed by atoms with Gasteiger partial charge in [0.05, 0.1) is 22.2 Å². The van der Waals surface area contributed by atoms with Crippen LogP contribution in [0.1, 0.15) is 69.2 Å². The fourth-order valence-electron chi connectivity index (χ4n) is 2.79. The number of hydrogen-bond acceptors (Lipinski definition) is 4. The Morgan fingerprint density at radius 3 is 2.40 bits per heavy atom. The molecule has 25 heavy (non-hydrogen) atoms. The summed E-state index contributed by atoms with van der Waals surface area (Å²) < 4.78 is 1.92. The molecule has 0 aliphatic rings. The van der Waals surface area contributed by atoms with Crippen molar-refractivity contribution < 1.29 is 4.79 Å². The number of likely N-dealkylation sites (N-methyl/N-ethyl adjacent to an activating group) is 1. The molecular formula is C19H31N5O. The molecule has 6 nitrogen and oxygen atoms in total. The number of fused-ring (bicyclic) bond motifs is 1. The summed E-state index contributed by atoms with van der Waals surface area (Å²) in [5, 5.41) is 5.52. The van der Waals surface area contributed by atoms with E-state index in [2.05, 4.69) is 39.7 Å². The molecule has 1 atom stereocenters.